The van der Waals surface area contributed by atoms with Crippen molar-refractivity contribution in [3.63, 3.8) is 0 Å². The molecule has 1 aromatic heterocycles. The Kier molecular flexibility index (Phi) is 3.78. The van der Waals surface area contributed by atoms with Gasteiger partial charge in [0.15, 0.2) is 0 Å². The van der Waals surface area contributed by atoms with Gasteiger partial charge >= 0.3 is 5.97 Å². The van der Waals surface area contributed by atoms with Crippen LogP contribution in [0.5, 0.6) is 11.5 Å². The van der Waals surface area contributed by atoms with Gasteiger partial charge < -0.3 is 14.6 Å². The number of aromatic carboxylic acids is 1. The fraction of sp³-hybridized carbons (Fsp3) is 0.167. The molecular formula is C12H11NO4S. The SMILES string of the molecule is COc1cccc(OCc2ncc(C(=O)O)s2)c1. The first-order chi connectivity index (χ1) is 8.69. The first kappa shape index (κ1) is 12.4. The van der Waals surface area contributed by atoms with Crippen molar-refractivity contribution in [3.8, 4) is 11.5 Å². The van der Waals surface area contributed by atoms with E-state index in [1.54, 1.807) is 19.2 Å². The number of hydrogen-bond acceptors (Lipinski definition) is 5. The van der Waals surface area contributed by atoms with E-state index < -0.39 is 5.97 Å². The van der Waals surface area contributed by atoms with Crippen molar-refractivity contribution in [2.45, 2.75) is 6.61 Å². The van der Waals surface area contributed by atoms with Crippen LogP contribution in [0.1, 0.15) is 14.7 Å². The monoisotopic (exact) mass is 265 g/mol. The van der Waals surface area contributed by atoms with Gasteiger partial charge in [-0.15, -0.1) is 11.3 Å². The minimum atomic E-state index is -0.972. The summed E-state index contributed by atoms with van der Waals surface area (Å²) in [5, 5.41) is 9.39. The van der Waals surface area contributed by atoms with Crippen molar-refractivity contribution in [2.24, 2.45) is 0 Å². The first-order valence-electron chi connectivity index (χ1n) is 5.14. The van der Waals surface area contributed by atoms with Crippen LogP contribution in [0.25, 0.3) is 0 Å². The minimum absolute atomic E-state index is 0.208. The Bertz CT molecular complexity index is 553. The predicted octanol–water partition coefficient (Wildman–Crippen LogP) is 2.43. The number of aromatic nitrogens is 1. The number of carboxylic acids is 1. The summed E-state index contributed by atoms with van der Waals surface area (Å²) in [6, 6.07) is 7.19. The van der Waals surface area contributed by atoms with Gasteiger partial charge in [-0.1, -0.05) is 6.07 Å². The third-order valence-electron chi connectivity index (χ3n) is 2.17. The van der Waals surface area contributed by atoms with Crippen molar-refractivity contribution in [1.82, 2.24) is 4.98 Å². The lowest BCUT2D eigenvalue weighted by Gasteiger charge is -2.05. The molecule has 0 saturated heterocycles. The molecule has 0 radical (unpaired) electrons. The summed E-state index contributed by atoms with van der Waals surface area (Å²) in [5.74, 6) is 0.388. The van der Waals surface area contributed by atoms with Crippen LogP contribution in [0, 0.1) is 0 Å². The molecule has 0 spiro atoms. The maximum absolute atomic E-state index is 10.7. The molecule has 94 valence electrons. The number of ether oxygens (including phenoxy) is 2. The molecule has 0 aliphatic rings. The number of carbonyl (C=O) groups is 1. The van der Waals surface area contributed by atoms with Gasteiger partial charge in [0.1, 0.15) is 28.0 Å². The number of hydrogen-bond donors (Lipinski definition) is 1. The standard InChI is InChI=1S/C12H11NO4S/c1-16-8-3-2-4-9(5-8)17-7-11-13-6-10(18-11)12(14)15/h2-6H,7H2,1H3,(H,14,15). The van der Waals surface area contributed by atoms with Crippen LogP contribution in [0.4, 0.5) is 0 Å². The third-order valence-corrected chi connectivity index (χ3v) is 3.13. The number of benzene rings is 1. The summed E-state index contributed by atoms with van der Waals surface area (Å²) in [6.07, 6.45) is 1.33. The van der Waals surface area contributed by atoms with Crippen LogP contribution in [-0.4, -0.2) is 23.2 Å². The summed E-state index contributed by atoms with van der Waals surface area (Å²) in [4.78, 5) is 14.9. The lowest BCUT2D eigenvalue weighted by Crippen LogP contribution is -1.94. The van der Waals surface area contributed by atoms with Crippen molar-refractivity contribution in [1.29, 1.82) is 0 Å². The highest BCUT2D eigenvalue weighted by Gasteiger charge is 2.08. The lowest BCUT2D eigenvalue weighted by molar-refractivity contribution is 0.0702. The Morgan fingerprint density at radius 1 is 1.44 bits per heavy atom. The Morgan fingerprint density at radius 3 is 2.89 bits per heavy atom. The second kappa shape index (κ2) is 5.50. The molecular weight excluding hydrogens is 254 g/mol. The molecule has 2 rings (SSSR count). The second-order valence-electron chi connectivity index (χ2n) is 3.39. The van der Waals surface area contributed by atoms with Crippen molar-refractivity contribution in [2.75, 3.05) is 7.11 Å². The normalized spacial score (nSPS) is 10.1. The molecule has 5 nitrogen and oxygen atoms in total. The average molecular weight is 265 g/mol. The van der Waals surface area contributed by atoms with Gasteiger partial charge in [0, 0.05) is 6.07 Å². The Hall–Kier alpha value is -2.08. The molecule has 0 fully saturated rings. The molecule has 0 unspecified atom stereocenters. The Balaban J connectivity index is 1.99. The predicted molar refractivity (Wildman–Crippen MR) is 66.4 cm³/mol. The van der Waals surface area contributed by atoms with E-state index in [9.17, 15) is 4.79 Å². The zero-order valence-electron chi connectivity index (χ0n) is 9.62. The molecule has 0 saturated carbocycles. The largest absolute Gasteiger partial charge is 0.497 e. The van der Waals surface area contributed by atoms with E-state index in [0.29, 0.717) is 16.5 Å². The Labute approximate surface area is 108 Å². The van der Waals surface area contributed by atoms with E-state index >= 15 is 0 Å². The fourth-order valence-corrected chi connectivity index (χ4v) is 1.98. The van der Waals surface area contributed by atoms with Crippen molar-refractivity contribution in [3.05, 3.63) is 40.3 Å². The van der Waals surface area contributed by atoms with Gasteiger partial charge in [-0.3, -0.25) is 0 Å². The summed E-state index contributed by atoms with van der Waals surface area (Å²) in [6.45, 7) is 0.241. The highest BCUT2D eigenvalue weighted by Crippen LogP contribution is 2.21. The lowest BCUT2D eigenvalue weighted by atomic mass is 10.3. The quantitative estimate of drug-likeness (QED) is 0.899. The van der Waals surface area contributed by atoms with E-state index in [0.717, 1.165) is 11.3 Å². The molecule has 0 amide bonds. The molecule has 0 aliphatic carbocycles. The zero-order chi connectivity index (χ0) is 13.0. The van der Waals surface area contributed by atoms with Gasteiger partial charge in [-0.05, 0) is 12.1 Å². The van der Waals surface area contributed by atoms with Crippen LogP contribution >= 0.6 is 11.3 Å². The van der Waals surface area contributed by atoms with Gasteiger partial charge in [0.2, 0.25) is 0 Å². The number of rotatable bonds is 5. The van der Waals surface area contributed by atoms with Crippen molar-refractivity contribution >= 4 is 17.3 Å². The smallest absolute Gasteiger partial charge is 0.347 e. The van der Waals surface area contributed by atoms with Gasteiger partial charge in [0.25, 0.3) is 0 Å². The highest BCUT2D eigenvalue weighted by atomic mass is 32.1. The fourth-order valence-electron chi connectivity index (χ4n) is 1.31. The van der Waals surface area contributed by atoms with Crippen LogP contribution < -0.4 is 9.47 Å². The maximum atomic E-state index is 10.7. The second-order valence-corrected chi connectivity index (χ2v) is 4.51. The number of thiazole rings is 1. The zero-order valence-corrected chi connectivity index (χ0v) is 10.4. The first-order valence-corrected chi connectivity index (χ1v) is 5.95. The molecule has 0 atom stereocenters. The van der Waals surface area contributed by atoms with Crippen LogP contribution in [0.3, 0.4) is 0 Å². The van der Waals surface area contributed by atoms with Crippen molar-refractivity contribution < 1.29 is 19.4 Å². The molecule has 2 aromatic rings. The van der Waals surface area contributed by atoms with E-state index in [1.807, 2.05) is 12.1 Å². The highest BCUT2D eigenvalue weighted by molar-refractivity contribution is 7.13. The van der Waals surface area contributed by atoms with Gasteiger partial charge in [-0.25, -0.2) is 9.78 Å². The molecule has 1 aromatic carbocycles. The summed E-state index contributed by atoms with van der Waals surface area (Å²) < 4.78 is 10.6. The molecule has 1 heterocycles. The van der Waals surface area contributed by atoms with Crippen LogP contribution in [0.15, 0.2) is 30.5 Å². The molecule has 0 bridgehead atoms. The number of methoxy groups -OCH3 is 1. The topological polar surface area (TPSA) is 68.7 Å². The van der Waals surface area contributed by atoms with E-state index in [1.165, 1.54) is 6.20 Å². The minimum Gasteiger partial charge on any atom is -0.497 e. The van der Waals surface area contributed by atoms with Crippen LogP contribution in [0.2, 0.25) is 0 Å². The Morgan fingerprint density at radius 2 is 2.22 bits per heavy atom. The third kappa shape index (κ3) is 2.98. The molecule has 0 aliphatic heterocycles. The number of carboxylic acid groups (broad SMARTS) is 1. The van der Waals surface area contributed by atoms with E-state index in [4.69, 9.17) is 14.6 Å². The summed E-state index contributed by atoms with van der Waals surface area (Å²) in [5.41, 5.74) is 0. The van der Waals surface area contributed by atoms with E-state index in [-0.39, 0.29) is 11.5 Å². The maximum Gasteiger partial charge on any atom is 0.347 e. The number of nitrogens with zero attached hydrogens (tertiary/aromatic N) is 1. The van der Waals surface area contributed by atoms with E-state index in [2.05, 4.69) is 4.98 Å². The molecule has 1 N–H and O–H groups in total. The van der Waals surface area contributed by atoms with Gasteiger partial charge in [-0.2, -0.15) is 0 Å². The summed E-state index contributed by atoms with van der Waals surface area (Å²) >= 11 is 1.10. The summed E-state index contributed by atoms with van der Waals surface area (Å²) in [7, 11) is 1.58. The average Bonchev–Trinajstić information content (AvgIpc) is 2.85. The van der Waals surface area contributed by atoms with Gasteiger partial charge in [0.05, 0.1) is 13.3 Å². The van der Waals surface area contributed by atoms with Crippen LogP contribution in [-0.2, 0) is 6.61 Å². The molecule has 18 heavy (non-hydrogen) atoms. The molecule has 6 heteroatoms.